The molecule has 2 rings (SSSR count). The second-order valence-corrected chi connectivity index (χ2v) is 6.56. The van der Waals surface area contributed by atoms with Crippen molar-refractivity contribution < 1.29 is 8.42 Å². The largest absolute Gasteiger partial charge is 0.245 e. The summed E-state index contributed by atoms with van der Waals surface area (Å²) in [4.78, 5) is 3.90. The predicted molar refractivity (Wildman–Crippen MR) is 71.3 cm³/mol. The Kier molecular flexibility index (Phi) is 3.68. The van der Waals surface area contributed by atoms with Crippen molar-refractivity contribution in [1.82, 2.24) is 4.98 Å². The van der Waals surface area contributed by atoms with Crippen LogP contribution in [0.1, 0.15) is 17.7 Å². The Balaban J connectivity index is 2.39. The zero-order chi connectivity index (χ0) is 13.2. The van der Waals surface area contributed by atoms with Crippen LogP contribution in [-0.2, 0) is 9.84 Å². The van der Waals surface area contributed by atoms with E-state index in [2.05, 4.69) is 4.98 Å². The van der Waals surface area contributed by atoms with Crippen LogP contribution >= 0.6 is 11.6 Å². The van der Waals surface area contributed by atoms with Crippen LogP contribution in [0.3, 0.4) is 0 Å². The van der Waals surface area contributed by atoms with E-state index in [1.54, 1.807) is 43.3 Å². The van der Waals surface area contributed by atoms with Gasteiger partial charge in [0.15, 0.2) is 5.03 Å². The molecule has 1 aromatic heterocycles. The smallest absolute Gasteiger partial charge is 0.202 e. The normalized spacial score (nSPS) is 13.2. The van der Waals surface area contributed by atoms with Gasteiger partial charge in [0.2, 0.25) is 9.84 Å². The maximum atomic E-state index is 12.3. The van der Waals surface area contributed by atoms with Gasteiger partial charge in [0.05, 0.1) is 5.25 Å². The SMILES string of the molecule is CC(c1ccc(Cl)cc1)S(=O)(=O)c1ccccn1. The quantitative estimate of drug-likeness (QED) is 0.867. The van der Waals surface area contributed by atoms with Crippen LogP contribution in [0.5, 0.6) is 0 Å². The number of halogens is 1. The molecule has 0 fully saturated rings. The van der Waals surface area contributed by atoms with E-state index in [0.717, 1.165) is 0 Å². The number of rotatable bonds is 3. The zero-order valence-electron chi connectivity index (χ0n) is 9.75. The van der Waals surface area contributed by atoms with Crippen molar-refractivity contribution in [3.63, 3.8) is 0 Å². The van der Waals surface area contributed by atoms with Gasteiger partial charge in [0, 0.05) is 11.2 Å². The molecule has 0 aliphatic rings. The van der Waals surface area contributed by atoms with Gasteiger partial charge in [-0.1, -0.05) is 29.8 Å². The molecule has 94 valence electrons. The van der Waals surface area contributed by atoms with Crippen molar-refractivity contribution in [3.8, 4) is 0 Å². The number of sulfone groups is 1. The molecule has 0 saturated heterocycles. The number of pyridine rings is 1. The van der Waals surface area contributed by atoms with Gasteiger partial charge in [0.1, 0.15) is 0 Å². The highest BCUT2D eigenvalue weighted by atomic mass is 35.5. The molecule has 1 atom stereocenters. The van der Waals surface area contributed by atoms with Crippen LogP contribution in [0.15, 0.2) is 53.7 Å². The van der Waals surface area contributed by atoms with Gasteiger partial charge in [-0.15, -0.1) is 0 Å². The van der Waals surface area contributed by atoms with Crippen molar-refractivity contribution in [2.45, 2.75) is 17.2 Å². The molecule has 2 aromatic rings. The van der Waals surface area contributed by atoms with Gasteiger partial charge in [-0.2, -0.15) is 0 Å². The standard InChI is InChI=1S/C13H12ClNO2S/c1-10(11-5-7-12(14)8-6-11)18(16,17)13-4-2-3-9-15-13/h2-10H,1H3. The average Bonchev–Trinajstić information content (AvgIpc) is 2.40. The third-order valence-corrected chi connectivity index (χ3v) is 5.01. The van der Waals surface area contributed by atoms with Crippen molar-refractivity contribution in [1.29, 1.82) is 0 Å². The highest BCUT2D eigenvalue weighted by Gasteiger charge is 2.25. The van der Waals surface area contributed by atoms with Gasteiger partial charge >= 0.3 is 0 Å². The van der Waals surface area contributed by atoms with Crippen LogP contribution in [0, 0.1) is 0 Å². The van der Waals surface area contributed by atoms with E-state index >= 15 is 0 Å². The van der Waals surface area contributed by atoms with E-state index in [1.807, 2.05) is 0 Å². The summed E-state index contributed by atoms with van der Waals surface area (Å²) in [5.41, 5.74) is 0.699. The van der Waals surface area contributed by atoms with Gasteiger partial charge < -0.3 is 0 Å². The van der Waals surface area contributed by atoms with Crippen LogP contribution in [-0.4, -0.2) is 13.4 Å². The first-order chi connectivity index (χ1) is 8.51. The number of hydrogen-bond donors (Lipinski definition) is 0. The van der Waals surface area contributed by atoms with Crippen molar-refractivity contribution >= 4 is 21.4 Å². The average molecular weight is 282 g/mol. The molecule has 0 spiro atoms. The Morgan fingerprint density at radius 1 is 1.11 bits per heavy atom. The molecule has 0 radical (unpaired) electrons. The van der Waals surface area contributed by atoms with E-state index in [9.17, 15) is 8.42 Å². The first-order valence-electron chi connectivity index (χ1n) is 5.42. The maximum absolute atomic E-state index is 12.3. The Labute approximate surface area is 111 Å². The summed E-state index contributed by atoms with van der Waals surface area (Å²) < 4.78 is 24.6. The molecule has 1 heterocycles. The fourth-order valence-electron chi connectivity index (χ4n) is 1.61. The second kappa shape index (κ2) is 5.08. The molecular weight excluding hydrogens is 270 g/mol. The fraction of sp³-hybridized carbons (Fsp3) is 0.154. The molecule has 0 amide bonds. The molecule has 0 saturated carbocycles. The first-order valence-corrected chi connectivity index (χ1v) is 7.34. The fourth-order valence-corrected chi connectivity index (χ4v) is 3.09. The number of benzene rings is 1. The summed E-state index contributed by atoms with van der Waals surface area (Å²) >= 11 is 5.79. The summed E-state index contributed by atoms with van der Waals surface area (Å²) in [7, 11) is -3.46. The summed E-state index contributed by atoms with van der Waals surface area (Å²) in [6.07, 6.45) is 1.47. The second-order valence-electron chi connectivity index (χ2n) is 3.91. The van der Waals surface area contributed by atoms with E-state index in [4.69, 9.17) is 11.6 Å². The zero-order valence-corrected chi connectivity index (χ0v) is 11.3. The maximum Gasteiger partial charge on any atom is 0.202 e. The van der Waals surface area contributed by atoms with Crippen molar-refractivity contribution in [3.05, 3.63) is 59.2 Å². The molecule has 0 aliphatic heterocycles. The lowest BCUT2D eigenvalue weighted by Crippen LogP contribution is -2.12. The van der Waals surface area contributed by atoms with Gasteiger partial charge in [-0.05, 0) is 36.8 Å². The molecule has 0 N–H and O–H groups in total. The lowest BCUT2D eigenvalue weighted by Gasteiger charge is -2.12. The monoisotopic (exact) mass is 281 g/mol. The minimum Gasteiger partial charge on any atom is -0.245 e. The van der Waals surface area contributed by atoms with Gasteiger partial charge in [-0.3, -0.25) is 0 Å². The van der Waals surface area contributed by atoms with Gasteiger partial charge in [0.25, 0.3) is 0 Å². The highest BCUT2D eigenvalue weighted by Crippen LogP contribution is 2.27. The summed E-state index contributed by atoms with van der Waals surface area (Å²) in [5, 5.41) is 0.0262. The molecule has 1 aromatic carbocycles. The highest BCUT2D eigenvalue weighted by molar-refractivity contribution is 7.91. The molecular formula is C13H12ClNO2S. The number of nitrogens with zero attached hydrogens (tertiary/aromatic N) is 1. The van der Waals surface area contributed by atoms with E-state index in [0.29, 0.717) is 10.6 Å². The van der Waals surface area contributed by atoms with Crippen LogP contribution in [0.25, 0.3) is 0 Å². The van der Waals surface area contributed by atoms with E-state index < -0.39 is 15.1 Å². The Morgan fingerprint density at radius 3 is 2.33 bits per heavy atom. The van der Waals surface area contributed by atoms with Crippen molar-refractivity contribution in [2.24, 2.45) is 0 Å². The van der Waals surface area contributed by atoms with Gasteiger partial charge in [-0.25, -0.2) is 13.4 Å². The molecule has 0 bridgehead atoms. The Hall–Kier alpha value is -1.39. The predicted octanol–water partition coefficient (Wildman–Crippen LogP) is 3.27. The van der Waals surface area contributed by atoms with Crippen molar-refractivity contribution in [2.75, 3.05) is 0 Å². The minimum atomic E-state index is -3.46. The summed E-state index contributed by atoms with van der Waals surface area (Å²) in [6.45, 7) is 1.65. The van der Waals surface area contributed by atoms with Crippen LogP contribution in [0.4, 0.5) is 0 Å². The van der Waals surface area contributed by atoms with E-state index in [-0.39, 0.29) is 5.03 Å². The van der Waals surface area contributed by atoms with Crippen LogP contribution in [0.2, 0.25) is 5.02 Å². The lowest BCUT2D eigenvalue weighted by molar-refractivity contribution is 0.582. The van der Waals surface area contributed by atoms with Crippen LogP contribution < -0.4 is 0 Å². The molecule has 5 heteroatoms. The lowest BCUT2D eigenvalue weighted by atomic mass is 10.2. The summed E-state index contributed by atoms with van der Waals surface area (Å²) in [5.74, 6) is 0. The molecule has 0 aliphatic carbocycles. The molecule has 3 nitrogen and oxygen atoms in total. The number of aromatic nitrogens is 1. The Morgan fingerprint density at radius 2 is 1.78 bits per heavy atom. The number of hydrogen-bond acceptors (Lipinski definition) is 3. The first kappa shape index (κ1) is 13.1. The summed E-state index contributed by atoms with van der Waals surface area (Å²) in [6, 6.07) is 11.6. The molecule has 18 heavy (non-hydrogen) atoms. The Bertz CT molecular complexity index is 624. The third-order valence-electron chi connectivity index (χ3n) is 2.73. The van der Waals surface area contributed by atoms with E-state index in [1.165, 1.54) is 12.3 Å². The third kappa shape index (κ3) is 2.54. The minimum absolute atomic E-state index is 0.0902. The topological polar surface area (TPSA) is 47.0 Å². The molecule has 1 unspecified atom stereocenters.